The lowest BCUT2D eigenvalue weighted by molar-refractivity contribution is -0.115. The Bertz CT molecular complexity index is 1140. The maximum atomic E-state index is 13.3. The Labute approximate surface area is 202 Å². The Morgan fingerprint density at radius 1 is 0.912 bits per heavy atom. The van der Waals surface area contributed by atoms with Gasteiger partial charge in [0.05, 0.1) is 4.90 Å². The van der Waals surface area contributed by atoms with Crippen molar-refractivity contribution < 1.29 is 17.6 Å². The van der Waals surface area contributed by atoms with Gasteiger partial charge in [0.15, 0.2) is 0 Å². The highest BCUT2D eigenvalue weighted by atomic mass is 32.2. The van der Waals surface area contributed by atoms with Gasteiger partial charge in [0, 0.05) is 20.0 Å². The lowest BCUT2D eigenvalue weighted by Gasteiger charge is -2.39. The van der Waals surface area contributed by atoms with Crippen LogP contribution in [-0.4, -0.2) is 31.7 Å². The quantitative estimate of drug-likeness (QED) is 0.565. The number of sulfonamides is 1. The fourth-order valence-electron chi connectivity index (χ4n) is 3.66. The third kappa shape index (κ3) is 8.08. The van der Waals surface area contributed by atoms with Crippen molar-refractivity contribution in [2.45, 2.75) is 43.9 Å². The predicted molar refractivity (Wildman–Crippen MR) is 134 cm³/mol. The molecule has 0 atom stereocenters. The summed E-state index contributed by atoms with van der Waals surface area (Å²) in [5, 5.41) is 0. The Kier molecular flexibility index (Phi) is 9.96. The number of primary amides is 1. The Morgan fingerprint density at radius 2 is 1.41 bits per heavy atom. The minimum absolute atomic E-state index is 0.0186. The standard InChI is InChI=1S/C18H20FNO2S.C7H8.C2H5NO/c1-18(15-6-3-2-4-7-15)10-12-20(13-11-18)23(21,22)17-9-5-8-16(19)14-17;1-7-5-3-2-4-6-7;1-2(3)4/h2-9,14H,10-13H2,1H3;2-6H,1H3;1H3,(H2,3,4). The molecule has 0 saturated carbocycles. The van der Waals surface area contributed by atoms with Gasteiger partial charge in [-0.3, -0.25) is 4.79 Å². The zero-order valence-corrected chi connectivity index (χ0v) is 20.8. The monoisotopic (exact) mass is 484 g/mol. The van der Waals surface area contributed by atoms with Crippen LogP contribution in [0.5, 0.6) is 0 Å². The number of piperidine rings is 1. The predicted octanol–water partition coefficient (Wildman–Crippen LogP) is 5.05. The van der Waals surface area contributed by atoms with Crippen molar-refractivity contribution >= 4 is 15.9 Å². The number of aryl methyl sites for hydroxylation is 1. The average molecular weight is 485 g/mol. The molecule has 4 rings (SSSR count). The molecule has 1 aliphatic rings. The van der Waals surface area contributed by atoms with Crippen molar-refractivity contribution in [3.05, 3.63) is 102 Å². The van der Waals surface area contributed by atoms with Gasteiger partial charge in [-0.2, -0.15) is 4.31 Å². The molecular weight excluding hydrogens is 451 g/mol. The SMILES string of the molecule is CC(N)=O.CC1(c2ccccc2)CCN(S(=O)(=O)c2cccc(F)c2)CC1.Cc1ccccc1. The van der Waals surface area contributed by atoms with Gasteiger partial charge >= 0.3 is 0 Å². The van der Waals surface area contributed by atoms with Crippen LogP contribution in [0.3, 0.4) is 0 Å². The first-order chi connectivity index (χ1) is 16.0. The van der Waals surface area contributed by atoms with E-state index in [9.17, 15) is 17.6 Å². The van der Waals surface area contributed by atoms with Crippen molar-refractivity contribution in [3.8, 4) is 0 Å². The first-order valence-electron chi connectivity index (χ1n) is 11.1. The zero-order valence-electron chi connectivity index (χ0n) is 19.9. The second kappa shape index (κ2) is 12.4. The molecule has 3 aromatic rings. The molecule has 1 aliphatic heterocycles. The molecule has 0 spiro atoms. The lowest BCUT2D eigenvalue weighted by atomic mass is 9.75. The highest BCUT2D eigenvalue weighted by Crippen LogP contribution is 2.36. The number of nitrogens with zero attached hydrogens (tertiary/aromatic N) is 1. The number of carbonyl (C=O) groups excluding carboxylic acids is 1. The van der Waals surface area contributed by atoms with E-state index in [1.165, 1.54) is 40.6 Å². The molecule has 5 nitrogen and oxygen atoms in total. The van der Waals surface area contributed by atoms with E-state index in [1.54, 1.807) is 0 Å². The van der Waals surface area contributed by atoms with Crippen LogP contribution in [0, 0.1) is 12.7 Å². The minimum Gasteiger partial charge on any atom is -0.370 e. The molecule has 182 valence electrons. The van der Waals surface area contributed by atoms with E-state index in [0.29, 0.717) is 13.1 Å². The normalized spacial score (nSPS) is 15.2. The lowest BCUT2D eigenvalue weighted by Crippen LogP contribution is -2.43. The van der Waals surface area contributed by atoms with E-state index >= 15 is 0 Å². The molecule has 0 bridgehead atoms. The number of rotatable bonds is 3. The van der Waals surface area contributed by atoms with Crippen molar-refractivity contribution in [3.63, 3.8) is 0 Å². The van der Waals surface area contributed by atoms with Crippen LogP contribution in [0.15, 0.2) is 89.8 Å². The van der Waals surface area contributed by atoms with Crippen LogP contribution in [0.25, 0.3) is 0 Å². The van der Waals surface area contributed by atoms with E-state index in [-0.39, 0.29) is 16.2 Å². The van der Waals surface area contributed by atoms with Gasteiger partial charge < -0.3 is 5.73 Å². The second-order valence-electron chi connectivity index (χ2n) is 8.55. The van der Waals surface area contributed by atoms with Crippen LogP contribution in [0.1, 0.15) is 37.8 Å². The fraction of sp³-hybridized carbons (Fsp3) is 0.296. The summed E-state index contributed by atoms with van der Waals surface area (Å²) in [7, 11) is -3.62. The summed E-state index contributed by atoms with van der Waals surface area (Å²) in [6.07, 6.45) is 1.51. The summed E-state index contributed by atoms with van der Waals surface area (Å²) < 4.78 is 40.1. The summed E-state index contributed by atoms with van der Waals surface area (Å²) in [6, 6.07) is 25.7. The van der Waals surface area contributed by atoms with Crippen LogP contribution in [-0.2, 0) is 20.2 Å². The molecule has 2 N–H and O–H groups in total. The Balaban J connectivity index is 0.000000307. The average Bonchev–Trinajstić information content (AvgIpc) is 2.81. The van der Waals surface area contributed by atoms with E-state index in [4.69, 9.17) is 0 Å². The number of benzene rings is 3. The van der Waals surface area contributed by atoms with Gasteiger partial charge in [-0.1, -0.05) is 79.2 Å². The van der Waals surface area contributed by atoms with Crippen LogP contribution >= 0.6 is 0 Å². The molecular formula is C27H33FN2O3S. The molecule has 1 fully saturated rings. The maximum absolute atomic E-state index is 13.3. The third-order valence-electron chi connectivity index (χ3n) is 5.67. The van der Waals surface area contributed by atoms with Crippen molar-refractivity contribution in [2.75, 3.05) is 13.1 Å². The Hall–Kier alpha value is -3.03. The minimum atomic E-state index is -3.62. The van der Waals surface area contributed by atoms with Crippen molar-refractivity contribution in [1.82, 2.24) is 4.31 Å². The highest BCUT2D eigenvalue weighted by Gasteiger charge is 2.36. The molecule has 34 heavy (non-hydrogen) atoms. The number of hydrogen-bond acceptors (Lipinski definition) is 3. The van der Waals surface area contributed by atoms with Crippen LogP contribution < -0.4 is 5.73 Å². The molecule has 1 saturated heterocycles. The Morgan fingerprint density at radius 3 is 1.85 bits per heavy atom. The zero-order chi connectivity index (χ0) is 25.2. The third-order valence-corrected chi connectivity index (χ3v) is 7.57. The smallest absolute Gasteiger partial charge is 0.243 e. The fourth-order valence-corrected chi connectivity index (χ4v) is 5.13. The van der Waals surface area contributed by atoms with Gasteiger partial charge in [-0.15, -0.1) is 0 Å². The molecule has 0 radical (unpaired) electrons. The molecule has 0 aliphatic carbocycles. The molecule has 7 heteroatoms. The largest absolute Gasteiger partial charge is 0.370 e. The summed E-state index contributed by atoms with van der Waals surface area (Å²) in [6.45, 7) is 6.46. The maximum Gasteiger partial charge on any atom is 0.243 e. The topological polar surface area (TPSA) is 80.5 Å². The highest BCUT2D eigenvalue weighted by molar-refractivity contribution is 7.89. The van der Waals surface area contributed by atoms with E-state index in [2.05, 4.69) is 43.8 Å². The van der Waals surface area contributed by atoms with E-state index in [1.807, 2.05) is 36.4 Å². The number of amides is 1. The molecule has 1 amide bonds. The molecule has 1 heterocycles. The van der Waals surface area contributed by atoms with Gasteiger partial charge in [-0.25, -0.2) is 12.8 Å². The van der Waals surface area contributed by atoms with Gasteiger partial charge in [0.1, 0.15) is 5.82 Å². The number of halogens is 1. The van der Waals surface area contributed by atoms with Crippen molar-refractivity contribution in [2.24, 2.45) is 5.73 Å². The summed E-state index contributed by atoms with van der Waals surface area (Å²) in [5.74, 6) is -0.864. The molecule has 3 aromatic carbocycles. The molecule has 0 aromatic heterocycles. The van der Waals surface area contributed by atoms with Gasteiger partial charge in [-0.05, 0) is 48.9 Å². The summed E-state index contributed by atoms with van der Waals surface area (Å²) in [5.41, 5.74) is 7.01. The van der Waals surface area contributed by atoms with Gasteiger partial charge in [0.25, 0.3) is 0 Å². The number of nitrogens with two attached hydrogens (primary N) is 1. The van der Waals surface area contributed by atoms with Gasteiger partial charge in [0.2, 0.25) is 15.9 Å². The number of carbonyl (C=O) groups is 1. The van der Waals surface area contributed by atoms with Crippen molar-refractivity contribution in [1.29, 1.82) is 0 Å². The first kappa shape index (κ1) is 27.2. The summed E-state index contributed by atoms with van der Waals surface area (Å²) >= 11 is 0. The van der Waals surface area contributed by atoms with E-state index in [0.717, 1.165) is 18.9 Å². The molecule has 0 unspecified atom stereocenters. The van der Waals surface area contributed by atoms with E-state index < -0.39 is 15.8 Å². The first-order valence-corrected chi connectivity index (χ1v) is 12.6. The summed E-state index contributed by atoms with van der Waals surface area (Å²) in [4.78, 5) is 9.25. The number of hydrogen-bond donors (Lipinski definition) is 1. The second-order valence-corrected chi connectivity index (χ2v) is 10.5. The van der Waals surface area contributed by atoms with Crippen LogP contribution in [0.2, 0.25) is 0 Å². The van der Waals surface area contributed by atoms with Crippen LogP contribution in [0.4, 0.5) is 4.39 Å².